The van der Waals surface area contributed by atoms with Crippen molar-refractivity contribution >= 4 is 11.9 Å². The Hall–Kier alpha value is -1.69. The van der Waals surface area contributed by atoms with Crippen molar-refractivity contribution in [1.29, 1.82) is 0 Å². The molecular formula is C16H24N4O2. The number of rotatable bonds is 2. The summed E-state index contributed by atoms with van der Waals surface area (Å²) in [6.45, 7) is 6.17. The molecule has 1 aromatic rings. The van der Waals surface area contributed by atoms with E-state index in [0.29, 0.717) is 0 Å². The molecular weight excluding hydrogens is 280 g/mol. The minimum atomic E-state index is -0.419. The molecule has 1 spiro atoms. The van der Waals surface area contributed by atoms with Crippen LogP contribution in [-0.2, 0) is 4.79 Å². The predicted octanol–water partition coefficient (Wildman–Crippen LogP) is 1.07. The van der Waals surface area contributed by atoms with Crippen LogP contribution in [0.15, 0.2) is 18.5 Å². The first-order valence-electron chi connectivity index (χ1n) is 7.89. The maximum Gasteiger partial charge on any atom is 0.225 e. The van der Waals surface area contributed by atoms with E-state index < -0.39 is 5.54 Å². The van der Waals surface area contributed by atoms with E-state index in [1.165, 1.54) is 0 Å². The van der Waals surface area contributed by atoms with Crippen molar-refractivity contribution in [2.45, 2.75) is 38.6 Å². The minimum absolute atomic E-state index is 0.0276. The third kappa shape index (κ3) is 2.56. The van der Waals surface area contributed by atoms with Gasteiger partial charge in [0.05, 0.1) is 12.1 Å². The Balaban J connectivity index is 1.72. The van der Waals surface area contributed by atoms with Gasteiger partial charge < -0.3 is 14.9 Å². The van der Waals surface area contributed by atoms with Crippen molar-refractivity contribution in [1.82, 2.24) is 14.9 Å². The molecule has 1 amide bonds. The fraction of sp³-hybridized carbons (Fsp3) is 0.688. The lowest BCUT2D eigenvalue weighted by Crippen LogP contribution is -2.46. The number of nitrogens with zero attached hydrogens (tertiary/aromatic N) is 4. The summed E-state index contributed by atoms with van der Waals surface area (Å²) in [5.74, 6) is 0.839. The highest BCUT2D eigenvalue weighted by atomic mass is 16.3. The Morgan fingerprint density at radius 3 is 2.45 bits per heavy atom. The summed E-state index contributed by atoms with van der Waals surface area (Å²) >= 11 is 0. The van der Waals surface area contributed by atoms with E-state index in [1.54, 1.807) is 19.3 Å². The number of carbonyl (C=O) groups excluding carboxylic acids is 1. The van der Waals surface area contributed by atoms with Gasteiger partial charge in [0.15, 0.2) is 0 Å². The van der Waals surface area contributed by atoms with Crippen LogP contribution >= 0.6 is 0 Å². The van der Waals surface area contributed by atoms with Gasteiger partial charge in [-0.05, 0) is 37.7 Å². The maximum atomic E-state index is 11.9. The summed E-state index contributed by atoms with van der Waals surface area (Å²) in [5.41, 5.74) is -0.300. The summed E-state index contributed by atoms with van der Waals surface area (Å²) in [7, 11) is 0. The number of hydrogen-bond donors (Lipinski definition) is 1. The third-order valence-corrected chi connectivity index (χ3v) is 5.28. The van der Waals surface area contributed by atoms with Gasteiger partial charge in [0.2, 0.25) is 11.9 Å². The Morgan fingerprint density at radius 2 is 1.95 bits per heavy atom. The molecule has 0 radical (unpaired) electrons. The molecule has 2 fully saturated rings. The van der Waals surface area contributed by atoms with E-state index in [-0.39, 0.29) is 17.9 Å². The van der Waals surface area contributed by atoms with Crippen LogP contribution in [0, 0.1) is 5.41 Å². The smallest absolute Gasteiger partial charge is 0.225 e. The second-order valence-electron chi connectivity index (χ2n) is 6.97. The van der Waals surface area contributed by atoms with Crippen molar-refractivity contribution in [3.8, 4) is 0 Å². The number of aromatic nitrogens is 2. The van der Waals surface area contributed by atoms with Gasteiger partial charge in [-0.2, -0.15) is 0 Å². The van der Waals surface area contributed by atoms with Crippen molar-refractivity contribution in [3.05, 3.63) is 18.5 Å². The Bertz CT molecular complexity index is 542. The molecule has 22 heavy (non-hydrogen) atoms. The van der Waals surface area contributed by atoms with Crippen LogP contribution in [0.1, 0.15) is 33.1 Å². The molecule has 1 N–H and O–H groups in total. The molecule has 0 aliphatic carbocycles. The summed E-state index contributed by atoms with van der Waals surface area (Å²) < 4.78 is 0. The number of hydrogen-bond acceptors (Lipinski definition) is 5. The predicted molar refractivity (Wildman–Crippen MR) is 83.4 cm³/mol. The fourth-order valence-electron chi connectivity index (χ4n) is 4.09. The van der Waals surface area contributed by atoms with Gasteiger partial charge in [-0.1, -0.05) is 0 Å². The van der Waals surface area contributed by atoms with Crippen LogP contribution < -0.4 is 4.90 Å². The molecule has 0 bridgehead atoms. The first kappa shape index (κ1) is 15.2. The zero-order valence-corrected chi connectivity index (χ0v) is 13.3. The number of amides is 1. The molecule has 3 heterocycles. The molecule has 2 saturated heterocycles. The van der Waals surface area contributed by atoms with Crippen LogP contribution in [0.3, 0.4) is 0 Å². The number of aliphatic hydroxyl groups is 1. The molecule has 1 atom stereocenters. The largest absolute Gasteiger partial charge is 0.394 e. The number of anilines is 1. The van der Waals surface area contributed by atoms with Crippen molar-refractivity contribution in [2.75, 3.05) is 31.1 Å². The van der Waals surface area contributed by atoms with Crippen molar-refractivity contribution < 1.29 is 9.90 Å². The second kappa shape index (κ2) is 5.50. The number of piperidine rings is 1. The van der Waals surface area contributed by atoms with E-state index in [9.17, 15) is 9.90 Å². The van der Waals surface area contributed by atoms with Gasteiger partial charge >= 0.3 is 0 Å². The van der Waals surface area contributed by atoms with Gasteiger partial charge in [-0.25, -0.2) is 9.97 Å². The van der Waals surface area contributed by atoms with E-state index in [4.69, 9.17) is 0 Å². The van der Waals surface area contributed by atoms with E-state index >= 15 is 0 Å². The molecule has 2 aliphatic rings. The lowest BCUT2D eigenvalue weighted by Gasteiger charge is -2.39. The average Bonchev–Trinajstić information content (AvgIpc) is 2.83. The van der Waals surface area contributed by atoms with E-state index in [0.717, 1.165) is 44.8 Å². The lowest BCUT2D eigenvalue weighted by atomic mass is 9.74. The quantitative estimate of drug-likeness (QED) is 0.885. The third-order valence-electron chi connectivity index (χ3n) is 5.28. The standard InChI is InChI=1S/C16H24N4O2/c1-13(22)20-11-16(10-15(20,2)12-21)4-8-19(9-5-16)14-17-6-3-7-18-14/h3,6-7,21H,4-5,8-12H2,1-2H3/t15-/m1/s1. The number of aliphatic hydroxyl groups excluding tert-OH is 1. The van der Waals surface area contributed by atoms with Gasteiger partial charge in [-0.15, -0.1) is 0 Å². The minimum Gasteiger partial charge on any atom is -0.394 e. The van der Waals surface area contributed by atoms with E-state index in [1.807, 2.05) is 17.9 Å². The van der Waals surface area contributed by atoms with Crippen LogP contribution in [0.5, 0.6) is 0 Å². The van der Waals surface area contributed by atoms with Crippen LogP contribution in [0.4, 0.5) is 5.95 Å². The second-order valence-corrected chi connectivity index (χ2v) is 6.97. The zero-order valence-electron chi connectivity index (χ0n) is 13.3. The molecule has 6 nitrogen and oxygen atoms in total. The molecule has 0 saturated carbocycles. The number of likely N-dealkylation sites (tertiary alicyclic amines) is 1. The Labute approximate surface area is 131 Å². The average molecular weight is 304 g/mol. The van der Waals surface area contributed by atoms with Crippen LogP contribution in [-0.4, -0.2) is 57.7 Å². The summed E-state index contributed by atoms with van der Waals surface area (Å²) in [5, 5.41) is 9.76. The monoisotopic (exact) mass is 304 g/mol. The summed E-state index contributed by atoms with van der Waals surface area (Å²) in [6, 6.07) is 1.82. The molecule has 1 aromatic heterocycles. The SMILES string of the molecule is CC(=O)N1CC2(CCN(c3ncccn3)CC2)C[C@]1(C)CO. The molecule has 120 valence electrons. The van der Waals surface area contributed by atoms with Gasteiger partial charge in [0.1, 0.15) is 0 Å². The molecule has 0 aromatic carbocycles. The zero-order chi connectivity index (χ0) is 15.8. The molecule has 6 heteroatoms. The van der Waals surface area contributed by atoms with Gasteiger partial charge in [0, 0.05) is 39.0 Å². The first-order chi connectivity index (χ1) is 10.5. The maximum absolute atomic E-state index is 11.9. The number of carbonyl (C=O) groups is 1. The van der Waals surface area contributed by atoms with E-state index in [2.05, 4.69) is 14.9 Å². The van der Waals surface area contributed by atoms with Gasteiger partial charge in [0.25, 0.3) is 0 Å². The Kier molecular flexibility index (Phi) is 3.80. The van der Waals surface area contributed by atoms with Crippen molar-refractivity contribution in [2.24, 2.45) is 5.41 Å². The highest BCUT2D eigenvalue weighted by molar-refractivity contribution is 5.74. The molecule has 2 aliphatic heterocycles. The van der Waals surface area contributed by atoms with Gasteiger partial charge in [-0.3, -0.25) is 4.79 Å². The normalized spacial score (nSPS) is 27.4. The fourth-order valence-corrected chi connectivity index (χ4v) is 4.09. The highest BCUT2D eigenvalue weighted by Crippen LogP contribution is 2.48. The topological polar surface area (TPSA) is 69.6 Å². The first-order valence-corrected chi connectivity index (χ1v) is 7.89. The Morgan fingerprint density at radius 1 is 1.32 bits per heavy atom. The molecule has 0 unspecified atom stereocenters. The van der Waals surface area contributed by atoms with Crippen LogP contribution in [0.2, 0.25) is 0 Å². The van der Waals surface area contributed by atoms with Crippen molar-refractivity contribution in [3.63, 3.8) is 0 Å². The lowest BCUT2D eigenvalue weighted by molar-refractivity contribution is -0.133. The highest BCUT2D eigenvalue weighted by Gasteiger charge is 2.52. The summed E-state index contributed by atoms with van der Waals surface area (Å²) in [4.78, 5) is 24.6. The summed E-state index contributed by atoms with van der Waals surface area (Å²) in [6.07, 6.45) is 6.42. The molecule has 3 rings (SSSR count). The van der Waals surface area contributed by atoms with Crippen LogP contribution in [0.25, 0.3) is 0 Å².